The van der Waals surface area contributed by atoms with Gasteiger partial charge in [-0.05, 0) is 56.6 Å². The topological polar surface area (TPSA) is 74.8 Å². The summed E-state index contributed by atoms with van der Waals surface area (Å²) in [6, 6.07) is 4.40. The van der Waals surface area contributed by atoms with Crippen molar-refractivity contribution in [1.29, 1.82) is 0 Å². The number of pyridine rings is 1. The van der Waals surface area contributed by atoms with E-state index in [-0.39, 0.29) is 11.8 Å². The molecule has 7 heteroatoms. The monoisotopic (exact) mass is 412 g/mol. The Labute approximate surface area is 178 Å². The van der Waals surface area contributed by atoms with Crippen LogP contribution in [0.2, 0.25) is 0 Å². The minimum atomic E-state index is -0.452. The summed E-state index contributed by atoms with van der Waals surface area (Å²) in [6.07, 6.45) is 9.31. The number of hydrogen-bond acceptors (Lipinski definition) is 5. The van der Waals surface area contributed by atoms with Gasteiger partial charge in [0.1, 0.15) is 0 Å². The first-order valence-electron chi connectivity index (χ1n) is 11.5. The molecule has 162 valence electrons. The Morgan fingerprint density at radius 2 is 1.83 bits per heavy atom. The van der Waals surface area contributed by atoms with E-state index >= 15 is 0 Å². The lowest BCUT2D eigenvalue weighted by Gasteiger charge is -2.53. The number of hydrogen-bond donors (Lipinski definition) is 1. The van der Waals surface area contributed by atoms with Crippen LogP contribution in [0.25, 0.3) is 0 Å². The molecule has 4 fully saturated rings. The SMILES string of the molecule is O=C(c1ccncc1)N1CC[C@@H]2C[C@@H](N3CCOCC3)CC[C@@]2(C(=O)NC2CC2)C1. The van der Waals surface area contributed by atoms with Crippen molar-refractivity contribution >= 4 is 11.8 Å². The van der Waals surface area contributed by atoms with Gasteiger partial charge >= 0.3 is 0 Å². The molecule has 2 aliphatic carbocycles. The standard InChI is InChI=1S/C23H32N4O3/c28-21(17-4-8-24-9-5-17)27-10-6-18-15-20(26-11-13-30-14-12-26)3-7-23(18,16-27)22(29)25-19-1-2-19/h4-5,8-9,18-20H,1-3,6-7,10-16H2,(H,25,29)/t18-,20+,23-/m1/s1. The molecule has 0 radical (unpaired) electrons. The van der Waals surface area contributed by atoms with Gasteiger partial charge in [-0.15, -0.1) is 0 Å². The van der Waals surface area contributed by atoms with E-state index in [4.69, 9.17) is 4.74 Å². The molecule has 2 aliphatic heterocycles. The van der Waals surface area contributed by atoms with Gasteiger partial charge in [-0.2, -0.15) is 0 Å². The zero-order valence-corrected chi connectivity index (χ0v) is 17.6. The van der Waals surface area contributed by atoms with Crippen LogP contribution in [0.1, 0.15) is 48.9 Å². The number of carbonyl (C=O) groups is 2. The van der Waals surface area contributed by atoms with E-state index in [0.29, 0.717) is 30.1 Å². The molecular formula is C23H32N4O3. The van der Waals surface area contributed by atoms with Crippen molar-refractivity contribution < 1.29 is 14.3 Å². The number of rotatable bonds is 4. The summed E-state index contributed by atoms with van der Waals surface area (Å²) in [4.78, 5) is 35.1. The zero-order chi connectivity index (χ0) is 20.6. The van der Waals surface area contributed by atoms with Gasteiger partial charge in [0, 0.05) is 56.2 Å². The van der Waals surface area contributed by atoms with E-state index < -0.39 is 5.41 Å². The number of ether oxygens (including phenoxy) is 1. The third-order valence-electron chi connectivity index (χ3n) is 7.62. The molecule has 0 aromatic carbocycles. The smallest absolute Gasteiger partial charge is 0.253 e. The molecule has 2 saturated heterocycles. The lowest BCUT2D eigenvalue weighted by atomic mass is 9.60. The number of amides is 2. The van der Waals surface area contributed by atoms with Gasteiger partial charge in [0.15, 0.2) is 0 Å². The highest BCUT2D eigenvalue weighted by molar-refractivity contribution is 5.95. The van der Waals surface area contributed by atoms with E-state index in [9.17, 15) is 9.59 Å². The molecule has 30 heavy (non-hydrogen) atoms. The Balaban J connectivity index is 1.35. The summed E-state index contributed by atoms with van der Waals surface area (Å²) in [6.45, 7) is 4.86. The second kappa shape index (κ2) is 8.27. The molecule has 1 N–H and O–H groups in total. The maximum Gasteiger partial charge on any atom is 0.253 e. The highest BCUT2D eigenvalue weighted by Crippen LogP contribution is 2.48. The normalized spacial score (nSPS) is 32.3. The van der Waals surface area contributed by atoms with Crippen LogP contribution in [0.5, 0.6) is 0 Å². The summed E-state index contributed by atoms with van der Waals surface area (Å²) in [5.41, 5.74) is 0.204. The predicted molar refractivity (Wildman–Crippen MR) is 112 cm³/mol. The number of piperidine rings is 1. The minimum Gasteiger partial charge on any atom is -0.379 e. The molecule has 7 nitrogen and oxygen atoms in total. The largest absolute Gasteiger partial charge is 0.379 e. The minimum absolute atomic E-state index is 0.0183. The number of likely N-dealkylation sites (tertiary alicyclic amines) is 1. The molecular weight excluding hydrogens is 380 g/mol. The Bertz CT molecular complexity index is 778. The third-order valence-corrected chi connectivity index (χ3v) is 7.62. The van der Waals surface area contributed by atoms with Crippen molar-refractivity contribution in [2.45, 2.75) is 50.6 Å². The van der Waals surface area contributed by atoms with Crippen molar-refractivity contribution in [2.75, 3.05) is 39.4 Å². The molecule has 0 unspecified atom stereocenters. The van der Waals surface area contributed by atoms with E-state index in [1.807, 2.05) is 4.90 Å². The number of nitrogens with zero attached hydrogens (tertiary/aromatic N) is 3. The fraction of sp³-hybridized carbons (Fsp3) is 0.696. The van der Waals surface area contributed by atoms with E-state index in [0.717, 1.165) is 71.4 Å². The number of nitrogens with one attached hydrogen (secondary N) is 1. The van der Waals surface area contributed by atoms with Crippen LogP contribution < -0.4 is 5.32 Å². The predicted octanol–water partition coefficient (Wildman–Crippen LogP) is 1.69. The Kier molecular flexibility index (Phi) is 5.50. The molecule has 3 atom stereocenters. The van der Waals surface area contributed by atoms with Crippen LogP contribution in [0.3, 0.4) is 0 Å². The Hall–Kier alpha value is -1.99. The molecule has 3 heterocycles. The molecule has 1 aromatic heterocycles. The van der Waals surface area contributed by atoms with Crippen molar-refractivity contribution in [3.63, 3.8) is 0 Å². The Morgan fingerprint density at radius 3 is 2.57 bits per heavy atom. The van der Waals surface area contributed by atoms with Crippen molar-refractivity contribution in [3.8, 4) is 0 Å². The molecule has 2 amide bonds. The summed E-state index contributed by atoms with van der Waals surface area (Å²) < 4.78 is 5.53. The summed E-state index contributed by atoms with van der Waals surface area (Å²) in [5, 5.41) is 3.29. The molecule has 0 spiro atoms. The summed E-state index contributed by atoms with van der Waals surface area (Å²) >= 11 is 0. The van der Waals surface area contributed by atoms with Gasteiger partial charge in [0.05, 0.1) is 18.6 Å². The van der Waals surface area contributed by atoms with E-state index in [1.165, 1.54) is 0 Å². The number of morpholine rings is 1. The second-order valence-corrected chi connectivity index (χ2v) is 9.43. The highest BCUT2D eigenvalue weighted by Gasteiger charge is 2.54. The van der Waals surface area contributed by atoms with Gasteiger partial charge in [0.2, 0.25) is 5.91 Å². The average molecular weight is 413 g/mol. The lowest BCUT2D eigenvalue weighted by molar-refractivity contribution is -0.143. The summed E-state index contributed by atoms with van der Waals surface area (Å²) in [7, 11) is 0. The molecule has 4 aliphatic rings. The third kappa shape index (κ3) is 3.85. The Morgan fingerprint density at radius 1 is 1.07 bits per heavy atom. The van der Waals surface area contributed by atoms with Crippen LogP contribution in [0.4, 0.5) is 0 Å². The first-order valence-corrected chi connectivity index (χ1v) is 11.5. The maximum atomic E-state index is 13.5. The lowest BCUT2D eigenvalue weighted by Crippen LogP contribution is -2.61. The second-order valence-electron chi connectivity index (χ2n) is 9.43. The molecule has 1 aromatic rings. The van der Waals surface area contributed by atoms with Gasteiger partial charge in [-0.3, -0.25) is 19.5 Å². The number of carbonyl (C=O) groups excluding carboxylic acids is 2. The molecule has 2 saturated carbocycles. The quantitative estimate of drug-likeness (QED) is 0.815. The fourth-order valence-corrected chi connectivity index (χ4v) is 5.69. The van der Waals surface area contributed by atoms with Crippen LogP contribution >= 0.6 is 0 Å². The van der Waals surface area contributed by atoms with Crippen molar-refractivity contribution in [1.82, 2.24) is 20.1 Å². The van der Waals surface area contributed by atoms with Crippen LogP contribution in [0, 0.1) is 11.3 Å². The van der Waals surface area contributed by atoms with Crippen LogP contribution in [-0.2, 0) is 9.53 Å². The zero-order valence-electron chi connectivity index (χ0n) is 17.6. The first-order chi connectivity index (χ1) is 14.7. The maximum absolute atomic E-state index is 13.5. The van der Waals surface area contributed by atoms with E-state index in [2.05, 4.69) is 15.2 Å². The average Bonchev–Trinajstić information content (AvgIpc) is 3.63. The van der Waals surface area contributed by atoms with Crippen LogP contribution in [0.15, 0.2) is 24.5 Å². The molecule has 5 rings (SSSR count). The van der Waals surface area contributed by atoms with Gasteiger partial charge in [-0.25, -0.2) is 0 Å². The number of aromatic nitrogens is 1. The summed E-state index contributed by atoms with van der Waals surface area (Å²) in [5.74, 6) is 0.534. The van der Waals surface area contributed by atoms with Gasteiger partial charge in [-0.1, -0.05) is 0 Å². The molecule has 0 bridgehead atoms. The van der Waals surface area contributed by atoms with Crippen molar-refractivity contribution in [3.05, 3.63) is 30.1 Å². The van der Waals surface area contributed by atoms with Crippen LogP contribution in [-0.4, -0.2) is 78.1 Å². The number of fused-ring (bicyclic) bond motifs is 1. The first kappa shape index (κ1) is 19.9. The van der Waals surface area contributed by atoms with E-state index in [1.54, 1.807) is 24.5 Å². The van der Waals surface area contributed by atoms with Crippen molar-refractivity contribution in [2.24, 2.45) is 11.3 Å². The van der Waals surface area contributed by atoms with Gasteiger partial charge in [0.25, 0.3) is 5.91 Å². The fourth-order valence-electron chi connectivity index (χ4n) is 5.69. The van der Waals surface area contributed by atoms with Gasteiger partial charge < -0.3 is 15.0 Å². The highest BCUT2D eigenvalue weighted by atomic mass is 16.5.